The van der Waals surface area contributed by atoms with Crippen LogP contribution in [0, 0.1) is 0 Å². The lowest BCUT2D eigenvalue weighted by atomic mass is 9.77. The molecule has 0 bridgehead atoms. The van der Waals surface area contributed by atoms with Crippen LogP contribution in [0.15, 0.2) is 76.7 Å². The maximum atomic E-state index is 14.4. The van der Waals surface area contributed by atoms with Gasteiger partial charge >= 0.3 is 0 Å². The molecule has 2 heterocycles. The predicted octanol–water partition coefficient (Wildman–Crippen LogP) is 3.28. The number of nitrogens with one attached hydrogen (secondary N) is 1. The van der Waals surface area contributed by atoms with Gasteiger partial charge in [0.1, 0.15) is 24.2 Å². The van der Waals surface area contributed by atoms with Gasteiger partial charge in [-0.1, -0.05) is 24.3 Å². The molecule has 1 aliphatic heterocycles. The van der Waals surface area contributed by atoms with Crippen molar-refractivity contribution in [1.29, 1.82) is 0 Å². The quantitative estimate of drug-likeness (QED) is 0.193. The molecule has 4 unspecified atom stereocenters. The lowest BCUT2D eigenvalue weighted by molar-refractivity contribution is -0.118. The van der Waals surface area contributed by atoms with Crippen LogP contribution in [0.4, 0.5) is 0 Å². The van der Waals surface area contributed by atoms with Crippen molar-refractivity contribution in [3.05, 3.63) is 94.8 Å². The van der Waals surface area contributed by atoms with Crippen LogP contribution < -0.4 is 24.3 Å². The number of carbonyl (C=O) groups excluding carboxylic acids is 3. The summed E-state index contributed by atoms with van der Waals surface area (Å²) in [6.45, 7) is -0.200. The van der Waals surface area contributed by atoms with Crippen LogP contribution in [0.1, 0.15) is 38.0 Å². The van der Waals surface area contributed by atoms with Gasteiger partial charge in [-0.25, -0.2) is 0 Å². The Balaban J connectivity index is 1.45. The standard InChI is InChI=1S/C36H36N2O10/c1-44-23-8-4-6-20(14-23)10-12-38(36(43)29-17-22-7-5-9-27(45-2)32(22)47-29)26-18-25(35(42)37-11-13-39)30-24-15-21(19-40)16-28(46-3)33(24)48-34(30)31(26)41/h4-9,14-19,26,30-31,34,39,41H,10-13H2,1-3H3,(H,37,42). The second-order valence-electron chi connectivity index (χ2n) is 11.5. The van der Waals surface area contributed by atoms with Crippen molar-refractivity contribution < 1.29 is 48.0 Å². The Morgan fingerprint density at radius 1 is 1.00 bits per heavy atom. The number of amides is 2. The molecule has 2 aliphatic rings. The summed E-state index contributed by atoms with van der Waals surface area (Å²) in [4.78, 5) is 41.4. The van der Waals surface area contributed by atoms with E-state index in [4.69, 9.17) is 23.4 Å². The minimum atomic E-state index is -1.32. The van der Waals surface area contributed by atoms with Crippen molar-refractivity contribution in [3.63, 3.8) is 0 Å². The average Bonchev–Trinajstić information content (AvgIpc) is 3.74. The Morgan fingerprint density at radius 2 is 1.79 bits per heavy atom. The van der Waals surface area contributed by atoms with E-state index in [-0.39, 0.29) is 42.5 Å². The van der Waals surface area contributed by atoms with E-state index in [9.17, 15) is 24.6 Å². The van der Waals surface area contributed by atoms with E-state index in [1.165, 1.54) is 25.2 Å². The summed E-state index contributed by atoms with van der Waals surface area (Å²) in [5, 5.41) is 24.8. The number of methoxy groups -OCH3 is 3. The first-order chi connectivity index (χ1) is 23.3. The van der Waals surface area contributed by atoms with Crippen LogP contribution in [0.5, 0.6) is 23.0 Å². The molecular formula is C36H36N2O10. The first kappa shape index (κ1) is 32.6. The fourth-order valence-corrected chi connectivity index (χ4v) is 6.47. The van der Waals surface area contributed by atoms with E-state index in [1.54, 1.807) is 43.5 Å². The van der Waals surface area contributed by atoms with Gasteiger partial charge in [-0.05, 0) is 54.5 Å². The number of fused-ring (bicyclic) bond motifs is 4. The number of hydrogen-bond acceptors (Lipinski definition) is 10. The van der Waals surface area contributed by atoms with Gasteiger partial charge in [-0.15, -0.1) is 0 Å². The third-order valence-corrected chi connectivity index (χ3v) is 8.75. The molecule has 0 fully saturated rings. The van der Waals surface area contributed by atoms with E-state index in [1.807, 2.05) is 24.3 Å². The molecule has 4 atom stereocenters. The smallest absolute Gasteiger partial charge is 0.290 e. The van der Waals surface area contributed by atoms with Crippen molar-refractivity contribution in [2.75, 3.05) is 41.0 Å². The maximum Gasteiger partial charge on any atom is 0.290 e. The number of aliphatic hydroxyl groups is 2. The molecule has 1 aliphatic carbocycles. The van der Waals surface area contributed by atoms with E-state index < -0.39 is 36.0 Å². The molecule has 4 aromatic rings. The summed E-state index contributed by atoms with van der Waals surface area (Å²) < 4.78 is 28.7. The van der Waals surface area contributed by atoms with Gasteiger partial charge < -0.3 is 43.8 Å². The van der Waals surface area contributed by atoms with Crippen molar-refractivity contribution in [3.8, 4) is 23.0 Å². The molecule has 0 saturated carbocycles. The summed E-state index contributed by atoms with van der Waals surface area (Å²) >= 11 is 0. The number of benzene rings is 3. The zero-order valence-corrected chi connectivity index (χ0v) is 26.7. The lowest BCUT2D eigenvalue weighted by Crippen LogP contribution is -2.56. The summed E-state index contributed by atoms with van der Waals surface area (Å²) in [6.07, 6.45) is 0.248. The van der Waals surface area contributed by atoms with Gasteiger partial charge in [-0.3, -0.25) is 14.4 Å². The van der Waals surface area contributed by atoms with Gasteiger partial charge in [0.05, 0.1) is 39.9 Å². The number of furan rings is 1. The fourth-order valence-electron chi connectivity index (χ4n) is 6.47. The van der Waals surface area contributed by atoms with Crippen molar-refractivity contribution >= 4 is 29.1 Å². The minimum Gasteiger partial charge on any atom is -0.497 e. The number of aldehydes is 1. The summed E-state index contributed by atoms with van der Waals surface area (Å²) in [5.41, 5.74) is 2.27. The molecule has 3 N–H and O–H groups in total. The number of nitrogens with zero attached hydrogens (tertiary/aromatic N) is 1. The molecular weight excluding hydrogens is 620 g/mol. The van der Waals surface area contributed by atoms with Crippen LogP contribution in [-0.4, -0.2) is 92.5 Å². The molecule has 0 saturated heterocycles. The van der Waals surface area contributed by atoms with Gasteiger partial charge in [0.2, 0.25) is 5.91 Å². The largest absolute Gasteiger partial charge is 0.497 e. The van der Waals surface area contributed by atoms with E-state index >= 15 is 0 Å². The minimum absolute atomic E-state index is 0.0158. The summed E-state index contributed by atoms with van der Waals surface area (Å²) in [7, 11) is 4.51. The first-order valence-corrected chi connectivity index (χ1v) is 15.4. The van der Waals surface area contributed by atoms with Gasteiger partial charge in [-0.2, -0.15) is 0 Å². The van der Waals surface area contributed by atoms with E-state index in [2.05, 4.69) is 5.32 Å². The predicted molar refractivity (Wildman–Crippen MR) is 174 cm³/mol. The highest BCUT2D eigenvalue weighted by molar-refractivity contribution is 5.99. The molecule has 12 nitrogen and oxygen atoms in total. The third-order valence-electron chi connectivity index (χ3n) is 8.75. The van der Waals surface area contributed by atoms with Crippen LogP contribution >= 0.6 is 0 Å². The number of para-hydroxylation sites is 1. The Hall–Kier alpha value is -5.33. The maximum absolute atomic E-state index is 14.4. The zero-order valence-electron chi connectivity index (χ0n) is 26.7. The number of hydrogen-bond donors (Lipinski definition) is 3. The number of rotatable bonds is 12. The van der Waals surface area contributed by atoms with Crippen molar-refractivity contribution in [2.45, 2.75) is 30.6 Å². The first-order valence-electron chi connectivity index (χ1n) is 15.4. The molecule has 0 radical (unpaired) electrons. The Morgan fingerprint density at radius 3 is 2.52 bits per heavy atom. The zero-order chi connectivity index (χ0) is 33.9. The molecule has 6 rings (SSSR count). The molecule has 250 valence electrons. The highest BCUT2D eigenvalue weighted by Gasteiger charge is 2.51. The SMILES string of the molecule is COc1cccc(CCN(C(=O)c2cc3cccc(OC)c3o2)C2C=C(C(=O)NCCO)C3c4cc(C=O)cc(OC)c4OC3C2O)c1. The van der Waals surface area contributed by atoms with Crippen LogP contribution in [0.2, 0.25) is 0 Å². The average molecular weight is 657 g/mol. The number of ether oxygens (including phenoxy) is 4. The fraction of sp³-hybridized carbons (Fsp3) is 0.306. The molecule has 1 aromatic heterocycles. The van der Waals surface area contributed by atoms with Crippen molar-refractivity contribution in [1.82, 2.24) is 10.2 Å². The molecule has 0 spiro atoms. The molecule has 48 heavy (non-hydrogen) atoms. The van der Waals surface area contributed by atoms with Crippen LogP contribution in [0.25, 0.3) is 11.0 Å². The monoisotopic (exact) mass is 656 g/mol. The second-order valence-corrected chi connectivity index (χ2v) is 11.5. The Kier molecular flexibility index (Phi) is 9.37. The highest BCUT2D eigenvalue weighted by Crippen LogP contribution is 2.51. The normalized spacial score (nSPS) is 19.4. The lowest BCUT2D eigenvalue weighted by Gasteiger charge is -2.40. The molecule has 2 amide bonds. The van der Waals surface area contributed by atoms with E-state index in [0.717, 1.165) is 5.56 Å². The van der Waals surface area contributed by atoms with E-state index in [0.29, 0.717) is 46.3 Å². The third kappa shape index (κ3) is 5.96. The van der Waals surface area contributed by atoms with Crippen LogP contribution in [-0.2, 0) is 11.2 Å². The van der Waals surface area contributed by atoms with Gasteiger partial charge in [0.25, 0.3) is 5.91 Å². The number of carbonyl (C=O) groups is 3. The Labute approximate surface area is 276 Å². The van der Waals surface area contributed by atoms with Crippen LogP contribution in [0.3, 0.4) is 0 Å². The van der Waals surface area contributed by atoms with Gasteiger partial charge in [0.15, 0.2) is 28.6 Å². The summed E-state index contributed by atoms with van der Waals surface area (Å²) in [6, 6.07) is 16.4. The number of aliphatic hydroxyl groups excluding tert-OH is 2. The summed E-state index contributed by atoms with van der Waals surface area (Å²) in [5.74, 6) is -0.163. The van der Waals surface area contributed by atoms with Crippen molar-refractivity contribution in [2.24, 2.45) is 0 Å². The topological polar surface area (TPSA) is 157 Å². The second kappa shape index (κ2) is 13.8. The Bertz CT molecular complexity index is 1880. The van der Waals surface area contributed by atoms with Gasteiger partial charge in [0, 0.05) is 35.2 Å². The highest BCUT2D eigenvalue weighted by atomic mass is 16.5. The molecule has 3 aromatic carbocycles. The molecule has 12 heteroatoms.